The molecule has 3 aromatic rings. The second kappa shape index (κ2) is 9.94. The summed E-state index contributed by atoms with van der Waals surface area (Å²) in [5, 5.41) is 6.83. The van der Waals surface area contributed by atoms with Crippen molar-refractivity contribution in [2.24, 2.45) is 0 Å². The quantitative estimate of drug-likeness (QED) is 0.444. The number of amides is 1. The molecule has 0 atom stereocenters. The number of anilines is 2. The van der Waals surface area contributed by atoms with Crippen LogP contribution in [0.5, 0.6) is 0 Å². The molecule has 2 aromatic carbocycles. The molecule has 0 saturated heterocycles. The van der Waals surface area contributed by atoms with E-state index in [-0.39, 0.29) is 11.3 Å². The minimum Gasteiger partial charge on any atom is -0.383 e. The Morgan fingerprint density at radius 3 is 2.48 bits per heavy atom. The number of aromatic nitrogens is 1. The maximum Gasteiger partial charge on any atom is 0.257 e. The average Bonchev–Trinajstić information content (AvgIpc) is 2.74. The van der Waals surface area contributed by atoms with Gasteiger partial charge in [0.1, 0.15) is 0 Å². The zero-order valence-corrected chi connectivity index (χ0v) is 19.1. The maximum atomic E-state index is 13.0. The van der Waals surface area contributed by atoms with E-state index in [1.807, 2.05) is 36.4 Å². The molecule has 1 amide bonds. The second-order valence-corrected chi connectivity index (χ2v) is 8.70. The van der Waals surface area contributed by atoms with E-state index >= 15 is 0 Å². The van der Waals surface area contributed by atoms with Crippen molar-refractivity contribution in [3.8, 4) is 11.3 Å². The van der Waals surface area contributed by atoms with Crippen LogP contribution >= 0.6 is 11.6 Å². The molecule has 6 heteroatoms. The molecule has 0 spiro atoms. The van der Waals surface area contributed by atoms with Crippen LogP contribution in [0.15, 0.2) is 60.8 Å². The lowest BCUT2D eigenvalue weighted by Gasteiger charge is -2.19. The summed E-state index contributed by atoms with van der Waals surface area (Å²) in [6, 6.07) is 17.1. The van der Waals surface area contributed by atoms with Crippen molar-refractivity contribution in [2.75, 3.05) is 30.9 Å². The minimum atomic E-state index is -0.193. The van der Waals surface area contributed by atoms with Crippen LogP contribution in [0.1, 0.15) is 36.7 Å². The van der Waals surface area contributed by atoms with Crippen molar-refractivity contribution in [2.45, 2.75) is 26.2 Å². The first-order valence-electron chi connectivity index (χ1n) is 10.2. The van der Waals surface area contributed by atoms with Crippen LogP contribution in [-0.2, 0) is 10.2 Å². The number of nitrogens with zero attached hydrogens (tertiary/aromatic N) is 1. The Bertz CT molecular complexity index is 1040. The molecule has 31 heavy (non-hydrogen) atoms. The van der Waals surface area contributed by atoms with Crippen LogP contribution in [0.3, 0.4) is 0 Å². The fraction of sp³-hybridized carbons (Fsp3) is 0.280. The van der Waals surface area contributed by atoms with Gasteiger partial charge in [0.15, 0.2) is 0 Å². The highest BCUT2D eigenvalue weighted by Gasteiger charge is 2.16. The number of rotatable bonds is 7. The van der Waals surface area contributed by atoms with Gasteiger partial charge in [-0.1, -0.05) is 50.6 Å². The lowest BCUT2D eigenvalue weighted by molar-refractivity contribution is 0.102. The molecular weight excluding hydrogens is 410 g/mol. The summed E-state index contributed by atoms with van der Waals surface area (Å²) in [4.78, 5) is 17.4. The van der Waals surface area contributed by atoms with Crippen LogP contribution in [0.4, 0.5) is 11.4 Å². The summed E-state index contributed by atoms with van der Waals surface area (Å²) in [6.45, 7) is 7.57. The highest BCUT2D eigenvalue weighted by atomic mass is 35.5. The first-order chi connectivity index (χ1) is 14.8. The van der Waals surface area contributed by atoms with E-state index in [0.29, 0.717) is 35.1 Å². The fourth-order valence-electron chi connectivity index (χ4n) is 3.17. The summed E-state index contributed by atoms with van der Waals surface area (Å²) >= 11 is 6.31. The third kappa shape index (κ3) is 5.84. The normalized spacial score (nSPS) is 11.3. The van der Waals surface area contributed by atoms with Gasteiger partial charge < -0.3 is 15.4 Å². The monoisotopic (exact) mass is 437 g/mol. The first-order valence-corrected chi connectivity index (χ1v) is 10.6. The number of carbonyl (C=O) groups is 1. The molecule has 1 heterocycles. The summed E-state index contributed by atoms with van der Waals surface area (Å²) in [5.41, 5.74) is 4.75. The number of hydrogen-bond acceptors (Lipinski definition) is 4. The Morgan fingerprint density at radius 1 is 1.10 bits per heavy atom. The largest absolute Gasteiger partial charge is 0.383 e. The van der Waals surface area contributed by atoms with Crippen LogP contribution in [0.2, 0.25) is 5.02 Å². The molecule has 0 fully saturated rings. The predicted octanol–water partition coefficient (Wildman–Crippen LogP) is 6.01. The molecule has 0 bridgehead atoms. The van der Waals surface area contributed by atoms with Gasteiger partial charge in [-0.3, -0.25) is 9.78 Å². The van der Waals surface area contributed by atoms with Crippen molar-refractivity contribution in [3.05, 3.63) is 76.9 Å². The summed E-state index contributed by atoms with van der Waals surface area (Å²) in [6.07, 6.45) is 1.70. The van der Waals surface area contributed by atoms with E-state index in [2.05, 4.69) is 36.4 Å². The number of halogens is 1. The molecule has 3 rings (SSSR count). The number of pyridine rings is 1. The molecule has 0 aliphatic rings. The van der Waals surface area contributed by atoms with Crippen molar-refractivity contribution in [1.29, 1.82) is 0 Å². The SMILES string of the molecule is COCCNc1cc(-c2ncccc2Cl)ccc1C(=O)Nc1ccc(C(C)(C)C)cc1. The lowest BCUT2D eigenvalue weighted by atomic mass is 9.87. The smallest absolute Gasteiger partial charge is 0.257 e. The number of methoxy groups -OCH3 is 1. The molecule has 0 saturated carbocycles. The zero-order valence-electron chi connectivity index (χ0n) is 18.3. The standard InChI is InChI=1S/C25H28ClN3O2/c1-25(2,3)18-8-10-19(11-9-18)29-24(30)20-12-7-17(16-22(20)27-14-15-31-4)23-21(26)6-5-13-28-23/h5-13,16,27H,14-15H2,1-4H3,(H,29,30). The Hall–Kier alpha value is -2.89. The Labute approximate surface area is 188 Å². The van der Waals surface area contributed by atoms with Gasteiger partial charge in [-0.25, -0.2) is 0 Å². The Morgan fingerprint density at radius 2 is 1.84 bits per heavy atom. The van der Waals surface area contributed by atoms with Crippen molar-refractivity contribution < 1.29 is 9.53 Å². The van der Waals surface area contributed by atoms with Crippen molar-refractivity contribution in [3.63, 3.8) is 0 Å². The van der Waals surface area contributed by atoms with E-state index in [9.17, 15) is 4.79 Å². The number of benzene rings is 2. The van der Waals surface area contributed by atoms with E-state index in [4.69, 9.17) is 16.3 Å². The topological polar surface area (TPSA) is 63.2 Å². The van der Waals surface area contributed by atoms with E-state index < -0.39 is 0 Å². The van der Waals surface area contributed by atoms with E-state index in [0.717, 1.165) is 11.3 Å². The molecule has 0 aliphatic carbocycles. The summed E-state index contributed by atoms with van der Waals surface area (Å²) in [5.74, 6) is -0.193. The molecule has 2 N–H and O–H groups in total. The average molecular weight is 438 g/mol. The maximum absolute atomic E-state index is 13.0. The molecule has 0 aliphatic heterocycles. The first kappa shape index (κ1) is 22.8. The fourth-order valence-corrected chi connectivity index (χ4v) is 3.40. The van der Waals surface area contributed by atoms with E-state index in [1.165, 1.54) is 5.56 Å². The predicted molar refractivity (Wildman–Crippen MR) is 128 cm³/mol. The number of ether oxygens (including phenoxy) is 1. The van der Waals surface area contributed by atoms with Gasteiger partial charge in [-0.2, -0.15) is 0 Å². The molecule has 0 unspecified atom stereocenters. The van der Waals surface area contributed by atoms with Gasteiger partial charge in [-0.15, -0.1) is 0 Å². The van der Waals surface area contributed by atoms with Crippen LogP contribution < -0.4 is 10.6 Å². The summed E-state index contributed by atoms with van der Waals surface area (Å²) < 4.78 is 5.14. The van der Waals surface area contributed by atoms with Crippen LogP contribution in [-0.4, -0.2) is 31.2 Å². The third-order valence-electron chi connectivity index (χ3n) is 4.93. The Kier molecular flexibility index (Phi) is 7.31. The molecule has 0 radical (unpaired) electrons. The van der Waals surface area contributed by atoms with Gasteiger partial charge in [-0.05, 0) is 47.4 Å². The molecule has 1 aromatic heterocycles. The molecular formula is C25H28ClN3O2. The highest BCUT2D eigenvalue weighted by molar-refractivity contribution is 6.33. The second-order valence-electron chi connectivity index (χ2n) is 8.30. The van der Waals surface area contributed by atoms with Crippen molar-refractivity contribution in [1.82, 2.24) is 4.98 Å². The number of nitrogens with one attached hydrogen (secondary N) is 2. The lowest BCUT2D eigenvalue weighted by Crippen LogP contribution is -2.17. The van der Waals surface area contributed by atoms with Crippen molar-refractivity contribution >= 4 is 28.9 Å². The van der Waals surface area contributed by atoms with Gasteiger partial charge in [0, 0.05) is 36.8 Å². The van der Waals surface area contributed by atoms with Gasteiger partial charge in [0.2, 0.25) is 0 Å². The van der Waals surface area contributed by atoms with E-state index in [1.54, 1.807) is 31.5 Å². The molecule has 162 valence electrons. The highest BCUT2D eigenvalue weighted by Crippen LogP contribution is 2.30. The van der Waals surface area contributed by atoms with Crippen LogP contribution in [0.25, 0.3) is 11.3 Å². The molecule has 5 nitrogen and oxygen atoms in total. The van der Waals surface area contributed by atoms with Crippen LogP contribution in [0, 0.1) is 0 Å². The Balaban J connectivity index is 1.87. The zero-order chi connectivity index (χ0) is 22.4. The summed E-state index contributed by atoms with van der Waals surface area (Å²) in [7, 11) is 1.64. The van der Waals surface area contributed by atoms with Gasteiger partial charge >= 0.3 is 0 Å². The minimum absolute atomic E-state index is 0.0591. The van der Waals surface area contributed by atoms with Gasteiger partial charge in [0.05, 0.1) is 22.9 Å². The number of hydrogen-bond donors (Lipinski definition) is 2. The van der Waals surface area contributed by atoms with Gasteiger partial charge in [0.25, 0.3) is 5.91 Å². The number of carbonyl (C=O) groups excluding carboxylic acids is 1. The third-order valence-corrected chi connectivity index (χ3v) is 5.23.